The van der Waals surface area contributed by atoms with Gasteiger partial charge in [-0.25, -0.2) is 0 Å². The molecule has 0 amide bonds. The molecule has 0 saturated carbocycles. The van der Waals surface area contributed by atoms with E-state index in [2.05, 4.69) is 13.8 Å². The quantitative estimate of drug-likeness (QED) is 0.509. The van der Waals surface area contributed by atoms with Crippen LogP contribution in [-0.2, 0) is 0 Å². The molecule has 1 aliphatic heterocycles. The maximum Gasteiger partial charge on any atom is 0.0284 e. The molecule has 8 heavy (non-hydrogen) atoms. The van der Waals surface area contributed by atoms with Crippen LogP contribution in [0.15, 0.2) is 9.94 Å². The van der Waals surface area contributed by atoms with Gasteiger partial charge in [-0.15, -0.1) is 11.8 Å². The fraction of sp³-hybridized carbons (Fsp3) is 0.667. The highest BCUT2D eigenvalue weighted by atomic mass is 35.5. The molecule has 0 spiro atoms. The van der Waals surface area contributed by atoms with Crippen LogP contribution >= 0.6 is 23.4 Å². The van der Waals surface area contributed by atoms with Crippen LogP contribution in [0.4, 0.5) is 0 Å². The predicted octanol–water partition coefficient (Wildman–Crippen LogP) is 2.98. The van der Waals surface area contributed by atoms with E-state index in [4.69, 9.17) is 11.6 Å². The maximum atomic E-state index is 5.82. The van der Waals surface area contributed by atoms with Gasteiger partial charge in [0.2, 0.25) is 0 Å². The number of thioether (sulfide) groups is 1. The van der Waals surface area contributed by atoms with Crippen LogP contribution in [0.2, 0.25) is 0 Å². The Bertz CT molecular complexity index is 114. The second kappa shape index (κ2) is 2.32. The zero-order valence-corrected chi connectivity index (χ0v) is 6.64. The fourth-order valence-corrected chi connectivity index (χ4v) is 2.32. The van der Waals surface area contributed by atoms with Crippen molar-refractivity contribution in [2.45, 2.75) is 25.5 Å². The molecule has 0 saturated heterocycles. The SMILES string of the molecule is CC1=C(Cl)CC(C)S1. The van der Waals surface area contributed by atoms with Crippen molar-refractivity contribution in [1.29, 1.82) is 0 Å². The Morgan fingerprint density at radius 3 is 2.50 bits per heavy atom. The first kappa shape index (κ1) is 6.50. The Morgan fingerprint density at radius 1 is 1.75 bits per heavy atom. The molecule has 0 radical (unpaired) electrons. The van der Waals surface area contributed by atoms with E-state index in [1.807, 2.05) is 11.8 Å². The third-order valence-electron chi connectivity index (χ3n) is 1.23. The second-order valence-corrected chi connectivity index (χ2v) is 4.20. The van der Waals surface area contributed by atoms with Gasteiger partial charge in [-0.05, 0) is 18.2 Å². The smallest absolute Gasteiger partial charge is 0.0284 e. The second-order valence-electron chi connectivity index (χ2n) is 2.09. The number of rotatable bonds is 0. The van der Waals surface area contributed by atoms with E-state index >= 15 is 0 Å². The summed E-state index contributed by atoms with van der Waals surface area (Å²) in [7, 11) is 0. The highest BCUT2D eigenvalue weighted by Gasteiger charge is 2.15. The maximum absolute atomic E-state index is 5.82. The zero-order valence-electron chi connectivity index (χ0n) is 5.07. The molecule has 0 nitrogen and oxygen atoms in total. The van der Waals surface area contributed by atoms with Gasteiger partial charge in [0.1, 0.15) is 0 Å². The highest BCUT2D eigenvalue weighted by Crippen LogP contribution is 2.38. The molecule has 2 heteroatoms. The monoisotopic (exact) mass is 148 g/mol. The molecule has 0 aromatic rings. The summed E-state index contributed by atoms with van der Waals surface area (Å²) in [4.78, 5) is 1.30. The predicted molar refractivity (Wildman–Crippen MR) is 40.2 cm³/mol. The molecule has 0 aromatic carbocycles. The van der Waals surface area contributed by atoms with Gasteiger partial charge in [-0.1, -0.05) is 18.5 Å². The Balaban J connectivity index is 2.60. The van der Waals surface area contributed by atoms with E-state index in [0.29, 0.717) is 5.25 Å². The minimum Gasteiger partial charge on any atom is -0.126 e. The Hall–Kier alpha value is 0.380. The lowest BCUT2D eigenvalue weighted by molar-refractivity contribution is 0.988. The van der Waals surface area contributed by atoms with Gasteiger partial charge in [-0.2, -0.15) is 0 Å². The van der Waals surface area contributed by atoms with E-state index < -0.39 is 0 Å². The average molecular weight is 149 g/mol. The third kappa shape index (κ3) is 1.20. The van der Waals surface area contributed by atoms with Crippen molar-refractivity contribution in [3.05, 3.63) is 9.94 Å². The van der Waals surface area contributed by atoms with Gasteiger partial charge in [-0.3, -0.25) is 0 Å². The summed E-state index contributed by atoms with van der Waals surface area (Å²) in [6.45, 7) is 4.28. The average Bonchev–Trinajstić information content (AvgIpc) is 1.85. The van der Waals surface area contributed by atoms with Crippen molar-refractivity contribution < 1.29 is 0 Å². The molecule has 0 N–H and O–H groups in total. The Labute approximate surface area is 59.3 Å². The van der Waals surface area contributed by atoms with Crippen molar-refractivity contribution in [3.63, 3.8) is 0 Å². The molecule has 1 heterocycles. The first-order valence-electron chi connectivity index (χ1n) is 2.72. The summed E-state index contributed by atoms with van der Waals surface area (Å²) in [5, 5.41) is 1.77. The third-order valence-corrected chi connectivity index (χ3v) is 2.95. The van der Waals surface area contributed by atoms with E-state index in [9.17, 15) is 0 Å². The number of hydrogen-bond acceptors (Lipinski definition) is 1. The van der Waals surface area contributed by atoms with E-state index in [0.717, 1.165) is 11.5 Å². The summed E-state index contributed by atoms with van der Waals surface area (Å²) in [6.07, 6.45) is 1.07. The molecule has 1 rings (SSSR count). The molecular formula is C6H9ClS. The lowest BCUT2D eigenvalue weighted by Crippen LogP contribution is -1.85. The largest absolute Gasteiger partial charge is 0.126 e. The van der Waals surface area contributed by atoms with E-state index in [1.165, 1.54) is 4.91 Å². The fourth-order valence-electron chi connectivity index (χ4n) is 0.803. The van der Waals surface area contributed by atoms with Crippen LogP contribution in [0.5, 0.6) is 0 Å². The Kier molecular flexibility index (Phi) is 1.88. The van der Waals surface area contributed by atoms with Crippen molar-refractivity contribution in [1.82, 2.24) is 0 Å². The first-order chi connectivity index (χ1) is 3.70. The van der Waals surface area contributed by atoms with Gasteiger partial charge < -0.3 is 0 Å². The topological polar surface area (TPSA) is 0 Å². The van der Waals surface area contributed by atoms with Crippen LogP contribution in [0.3, 0.4) is 0 Å². The number of allylic oxidation sites excluding steroid dienone is 2. The summed E-state index contributed by atoms with van der Waals surface area (Å²) in [5.41, 5.74) is 0. The number of halogens is 1. The molecule has 0 fully saturated rings. The standard InChI is InChI=1S/C6H9ClS/c1-4-3-6(7)5(2)8-4/h4H,3H2,1-2H3. The van der Waals surface area contributed by atoms with E-state index in [1.54, 1.807) is 0 Å². The van der Waals surface area contributed by atoms with Crippen LogP contribution in [0.1, 0.15) is 20.3 Å². The van der Waals surface area contributed by atoms with Crippen molar-refractivity contribution in [3.8, 4) is 0 Å². The molecular weight excluding hydrogens is 140 g/mol. The molecule has 1 unspecified atom stereocenters. The normalized spacial score (nSPS) is 29.6. The van der Waals surface area contributed by atoms with Crippen LogP contribution in [-0.4, -0.2) is 5.25 Å². The lowest BCUT2D eigenvalue weighted by atomic mass is 10.3. The zero-order chi connectivity index (χ0) is 6.15. The highest BCUT2D eigenvalue weighted by molar-refractivity contribution is 8.03. The Morgan fingerprint density at radius 2 is 2.38 bits per heavy atom. The molecule has 1 aliphatic rings. The molecule has 1 atom stereocenters. The summed E-state index contributed by atoms with van der Waals surface area (Å²) >= 11 is 7.69. The molecule has 0 aromatic heterocycles. The van der Waals surface area contributed by atoms with Gasteiger partial charge in [0.15, 0.2) is 0 Å². The van der Waals surface area contributed by atoms with Gasteiger partial charge >= 0.3 is 0 Å². The van der Waals surface area contributed by atoms with Crippen LogP contribution < -0.4 is 0 Å². The van der Waals surface area contributed by atoms with Crippen molar-refractivity contribution in [2.24, 2.45) is 0 Å². The summed E-state index contributed by atoms with van der Waals surface area (Å²) < 4.78 is 0. The lowest BCUT2D eigenvalue weighted by Gasteiger charge is -1.94. The van der Waals surface area contributed by atoms with Gasteiger partial charge in [0.05, 0.1) is 0 Å². The van der Waals surface area contributed by atoms with Gasteiger partial charge in [0.25, 0.3) is 0 Å². The van der Waals surface area contributed by atoms with Crippen LogP contribution in [0.25, 0.3) is 0 Å². The van der Waals surface area contributed by atoms with Crippen LogP contribution in [0, 0.1) is 0 Å². The molecule has 46 valence electrons. The molecule has 0 bridgehead atoms. The first-order valence-corrected chi connectivity index (χ1v) is 3.98. The van der Waals surface area contributed by atoms with E-state index in [-0.39, 0.29) is 0 Å². The number of hydrogen-bond donors (Lipinski definition) is 0. The molecule has 0 aliphatic carbocycles. The summed E-state index contributed by atoms with van der Waals surface area (Å²) in [6, 6.07) is 0. The van der Waals surface area contributed by atoms with Crippen molar-refractivity contribution in [2.75, 3.05) is 0 Å². The summed E-state index contributed by atoms with van der Waals surface area (Å²) in [5.74, 6) is 0. The van der Waals surface area contributed by atoms with Gasteiger partial charge in [0, 0.05) is 10.3 Å². The van der Waals surface area contributed by atoms with Crippen molar-refractivity contribution >= 4 is 23.4 Å². The minimum absolute atomic E-state index is 0.711. The minimum atomic E-state index is 0.711.